The summed E-state index contributed by atoms with van der Waals surface area (Å²) in [5.41, 5.74) is 7.38. The molecule has 2 aliphatic heterocycles. The molecular weight excluding hydrogens is 494 g/mol. The number of nitrogens with zero attached hydrogens (tertiary/aromatic N) is 6. The number of anilines is 3. The molecule has 0 aliphatic carbocycles. The van der Waals surface area contributed by atoms with Crippen molar-refractivity contribution >= 4 is 22.6 Å². The van der Waals surface area contributed by atoms with E-state index in [2.05, 4.69) is 99.0 Å². The summed E-state index contributed by atoms with van der Waals surface area (Å²) in [6.07, 6.45) is 9.71. The summed E-state index contributed by atoms with van der Waals surface area (Å²) < 4.78 is 0. The SMILES string of the molecule is CN1C=CC(c2nc(-c3ccncc3)nc(-c3ccc(C4Nc5ccccc5N4c4ccccc4)cc3)n2)=CC1. The maximum absolute atomic E-state index is 4.90. The van der Waals surface area contributed by atoms with Crippen LogP contribution in [-0.2, 0) is 0 Å². The Morgan fingerprint density at radius 3 is 2.12 bits per heavy atom. The van der Waals surface area contributed by atoms with Crippen LogP contribution in [0.4, 0.5) is 17.1 Å². The molecule has 0 fully saturated rings. The summed E-state index contributed by atoms with van der Waals surface area (Å²) in [7, 11) is 2.04. The Bertz CT molecular complexity index is 1710. The van der Waals surface area contributed by atoms with Gasteiger partial charge in [0.2, 0.25) is 0 Å². The van der Waals surface area contributed by atoms with Crippen LogP contribution >= 0.6 is 0 Å². The first-order valence-corrected chi connectivity index (χ1v) is 13.3. The van der Waals surface area contributed by atoms with Gasteiger partial charge in [0.1, 0.15) is 6.17 Å². The van der Waals surface area contributed by atoms with Crippen LogP contribution < -0.4 is 10.2 Å². The number of allylic oxidation sites excluding steroid dienone is 2. The maximum atomic E-state index is 4.90. The third-order valence-electron chi connectivity index (χ3n) is 7.17. The van der Waals surface area contributed by atoms with E-state index in [1.807, 2.05) is 37.5 Å². The molecule has 0 amide bonds. The first-order chi connectivity index (χ1) is 19.7. The minimum absolute atomic E-state index is 0.0373. The molecule has 2 aromatic heterocycles. The fourth-order valence-corrected chi connectivity index (χ4v) is 5.09. The minimum Gasteiger partial charge on any atom is -0.377 e. The van der Waals surface area contributed by atoms with Crippen LogP contribution in [0.1, 0.15) is 17.6 Å². The van der Waals surface area contributed by atoms with Gasteiger partial charge in [-0.2, -0.15) is 0 Å². The third kappa shape index (κ3) is 4.47. The monoisotopic (exact) mass is 521 g/mol. The van der Waals surface area contributed by atoms with E-state index in [4.69, 9.17) is 15.0 Å². The highest BCUT2D eigenvalue weighted by atomic mass is 15.3. The Labute approximate surface area is 233 Å². The van der Waals surface area contributed by atoms with Crippen molar-refractivity contribution in [3.63, 3.8) is 0 Å². The number of hydrogen-bond acceptors (Lipinski definition) is 7. The maximum Gasteiger partial charge on any atom is 0.164 e. The lowest BCUT2D eigenvalue weighted by atomic mass is 10.1. The van der Waals surface area contributed by atoms with Gasteiger partial charge in [-0.3, -0.25) is 4.98 Å². The molecule has 40 heavy (non-hydrogen) atoms. The Balaban J connectivity index is 1.26. The summed E-state index contributed by atoms with van der Waals surface area (Å²) in [5, 5.41) is 3.70. The molecule has 0 spiro atoms. The fraction of sp³-hybridized carbons (Fsp3) is 0.0909. The van der Waals surface area contributed by atoms with Crippen molar-refractivity contribution < 1.29 is 0 Å². The summed E-state index contributed by atoms with van der Waals surface area (Å²) in [6, 6.07) is 31.2. The second kappa shape index (κ2) is 10.1. The second-order valence-electron chi connectivity index (χ2n) is 9.85. The molecule has 194 valence electrons. The van der Waals surface area contributed by atoms with Gasteiger partial charge in [0.05, 0.1) is 11.4 Å². The smallest absolute Gasteiger partial charge is 0.164 e. The lowest BCUT2D eigenvalue weighted by molar-refractivity contribution is 0.506. The first-order valence-electron chi connectivity index (χ1n) is 13.3. The molecule has 7 nitrogen and oxygen atoms in total. The molecule has 1 N–H and O–H groups in total. The Kier molecular flexibility index (Phi) is 6.01. The van der Waals surface area contributed by atoms with Crippen LogP contribution in [-0.4, -0.2) is 38.4 Å². The van der Waals surface area contributed by atoms with Crippen LogP contribution in [0.3, 0.4) is 0 Å². The molecule has 1 unspecified atom stereocenters. The zero-order valence-corrected chi connectivity index (χ0v) is 22.0. The van der Waals surface area contributed by atoms with Crippen molar-refractivity contribution in [2.75, 3.05) is 23.8 Å². The quantitative estimate of drug-likeness (QED) is 0.276. The fourth-order valence-electron chi connectivity index (χ4n) is 5.09. The third-order valence-corrected chi connectivity index (χ3v) is 7.17. The largest absolute Gasteiger partial charge is 0.377 e. The van der Waals surface area contributed by atoms with E-state index in [0.717, 1.165) is 45.9 Å². The predicted octanol–water partition coefficient (Wildman–Crippen LogP) is 6.71. The molecule has 7 heteroatoms. The van der Waals surface area contributed by atoms with Gasteiger partial charge in [0.15, 0.2) is 17.5 Å². The molecule has 4 heterocycles. The van der Waals surface area contributed by atoms with E-state index < -0.39 is 0 Å². The number of fused-ring (bicyclic) bond motifs is 1. The molecule has 7 rings (SSSR count). The van der Waals surface area contributed by atoms with Crippen molar-refractivity contribution in [3.05, 3.63) is 133 Å². The van der Waals surface area contributed by atoms with Crippen molar-refractivity contribution in [3.8, 4) is 22.8 Å². The number of nitrogens with one attached hydrogen (secondary N) is 1. The molecule has 1 atom stereocenters. The number of para-hydroxylation sites is 3. The number of pyridine rings is 1. The van der Waals surface area contributed by atoms with Crippen molar-refractivity contribution in [2.24, 2.45) is 0 Å². The van der Waals surface area contributed by atoms with Crippen LogP contribution in [0.15, 0.2) is 122 Å². The topological polar surface area (TPSA) is 70.1 Å². The summed E-state index contributed by atoms with van der Waals surface area (Å²) in [6.45, 7) is 0.806. The van der Waals surface area contributed by atoms with E-state index >= 15 is 0 Å². The normalized spacial score (nSPS) is 15.9. The van der Waals surface area contributed by atoms with Gasteiger partial charge >= 0.3 is 0 Å². The van der Waals surface area contributed by atoms with Gasteiger partial charge in [-0.25, -0.2) is 15.0 Å². The van der Waals surface area contributed by atoms with Gasteiger partial charge in [-0.1, -0.05) is 60.7 Å². The van der Waals surface area contributed by atoms with Gasteiger partial charge in [0, 0.05) is 48.4 Å². The Hall–Kier alpha value is -5.30. The van der Waals surface area contributed by atoms with Gasteiger partial charge in [-0.15, -0.1) is 0 Å². The molecule has 0 radical (unpaired) electrons. The number of benzene rings is 3. The predicted molar refractivity (Wildman–Crippen MR) is 160 cm³/mol. The van der Waals surface area contributed by atoms with Gasteiger partial charge in [0.25, 0.3) is 0 Å². The standard InChI is InChI=1S/C33H27N7/c1-39-21-17-25(18-22-39)32-37-30(36-31(38-32)24-15-19-34-20-16-24)23-11-13-26(14-12-23)33-35-28-9-5-6-10-29(28)40(33)27-7-3-2-4-8-27/h2-21,33,35H,22H2,1H3. The highest BCUT2D eigenvalue weighted by Gasteiger charge is 2.30. The van der Waals surface area contributed by atoms with Crippen molar-refractivity contribution in [1.29, 1.82) is 0 Å². The molecule has 0 saturated heterocycles. The van der Waals surface area contributed by atoms with Crippen molar-refractivity contribution in [1.82, 2.24) is 24.8 Å². The van der Waals surface area contributed by atoms with E-state index in [1.165, 1.54) is 0 Å². The zero-order valence-electron chi connectivity index (χ0n) is 22.0. The Morgan fingerprint density at radius 1 is 0.725 bits per heavy atom. The molecule has 3 aromatic carbocycles. The molecule has 2 aliphatic rings. The van der Waals surface area contributed by atoms with E-state index in [-0.39, 0.29) is 6.17 Å². The van der Waals surface area contributed by atoms with Crippen molar-refractivity contribution in [2.45, 2.75) is 6.17 Å². The van der Waals surface area contributed by atoms with Gasteiger partial charge < -0.3 is 15.1 Å². The molecule has 5 aromatic rings. The highest BCUT2D eigenvalue weighted by Crippen LogP contribution is 2.45. The van der Waals surface area contributed by atoms with Crippen LogP contribution in [0.25, 0.3) is 28.3 Å². The number of aromatic nitrogens is 4. The summed E-state index contributed by atoms with van der Waals surface area (Å²) >= 11 is 0. The summed E-state index contributed by atoms with van der Waals surface area (Å²) in [4.78, 5) is 23.2. The zero-order chi connectivity index (χ0) is 26.9. The van der Waals surface area contributed by atoms with E-state index in [1.54, 1.807) is 12.4 Å². The molecule has 0 saturated carbocycles. The lowest BCUT2D eigenvalue weighted by Crippen LogP contribution is -2.23. The van der Waals surface area contributed by atoms with E-state index in [9.17, 15) is 0 Å². The van der Waals surface area contributed by atoms with Crippen LogP contribution in [0.5, 0.6) is 0 Å². The van der Waals surface area contributed by atoms with Crippen LogP contribution in [0.2, 0.25) is 0 Å². The summed E-state index contributed by atoms with van der Waals surface area (Å²) in [5.74, 6) is 1.93. The first kappa shape index (κ1) is 23.8. The number of hydrogen-bond donors (Lipinski definition) is 1. The number of likely N-dealkylation sites (N-methyl/N-ethyl adjacent to an activating group) is 1. The average molecular weight is 522 g/mol. The average Bonchev–Trinajstić information content (AvgIpc) is 3.42. The molecule has 0 bridgehead atoms. The van der Waals surface area contributed by atoms with E-state index in [0.29, 0.717) is 17.5 Å². The minimum atomic E-state index is -0.0373. The Morgan fingerprint density at radius 2 is 1.40 bits per heavy atom. The highest BCUT2D eigenvalue weighted by molar-refractivity contribution is 5.83. The lowest BCUT2D eigenvalue weighted by Gasteiger charge is -2.27. The van der Waals surface area contributed by atoms with Crippen LogP contribution in [0, 0.1) is 0 Å². The molecular formula is C33H27N7. The number of rotatable bonds is 5. The van der Waals surface area contributed by atoms with Gasteiger partial charge in [-0.05, 0) is 54.2 Å². The second-order valence-corrected chi connectivity index (χ2v) is 9.85.